The first-order chi connectivity index (χ1) is 7.19. The third-order valence-electron chi connectivity index (χ3n) is 2.52. The molecule has 0 aliphatic heterocycles. The summed E-state index contributed by atoms with van der Waals surface area (Å²) < 4.78 is 5.39. The molecular formula is C13H19BrO. The summed E-state index contributed by atoms with van der Waals surface area (Å²) in [5, 5.41) is 0.992. The van der Waals surface area contributed by atoms with E-state index < -0.39 is 0 Å². The monoisotopic (exact) mass is 270 g/mol. The van der Waals surface area contributed by atoms with Gasteiger partial charge in [0.25, 0.3) is 0 Å². The second-order valence-electron chi connectivity index (χ2n) is 4.22. The number of alkyl halides is 1. The van der Waals surface area contributed by atoms with E-state index in [-0.39, 0.29) is 0 Å². The van der Waals surface area contributed by atoms with E-state index in [1.54, 1.807) is 7.11 Å². The van der Waals surface area contributed by atoms with Crippen molar-refractivity contribution in [3.05, 3.63) is 29.8 Å². The highest BCUT2D eigenvalue weighted by molar-refractivity contribution is 9.09. The Hall–Kier alpha value is -0.500. The lowest BCUT2D eigenvalue weighted by molar-refractivity contribution is 0.402. The lowest BCUT2D eigenvalue weighted by atomic mass is 9.91. The van der Waals surface area contributed by atoms with E-state index in [2.05, 4.69) is 41.9 Å². The normalized spacial score (nSPS) is 12.9. The molecule has 0 fully saturated rings. The molecule has 1 atom stereocenters. The number of rotatable bonds is 5. The van der Waals surface area contributed by atoms with Crippen LogP contribution in [0.4, 0.5) is 0 Å². The molecular weight excluding hydrogens is 252 g/mol. The van der Waals surface area contributed by atoms with Gasteiger partial charge in [0, 0.05) is 5.33 Å². The van der Waals surface area contributed by atoms with Crippen LogP contribution in [0.25, 0.3) is 0 Å². The molecule has 15 heavy (non-hydrogen) atoms. The molecule has 0 aromatic heterocycles. The number of benzene rings is 1. The van der Waals surface area contributed by atoms with E-state index >= 15 is 0 Å². The van der Waals surface area contributed by atoms with Gasteiger partial charge in [-0.05, 0) is 29.9 Å². The fraction of sp³-hybridized carbons (Fsp3) is 0.538. The van der Waals surface area contributed by atoms with Crippen molar-refractivity contribution in [1.82, 2.24) is 0 Å². The van der Waals surface area contributed by atoms with Gasteiger partial charge in [0.05, 0.1) is 7.11 Å². The zero-order chi connectivity index (χ0) is 11.3. The van der Waals surface area contributed by atoms with Crippen molar-refractivity contribution < 1.29 is 4.74 Å². The van der Waals surface area contributed by atoms with Gasteiger partial charge in [0.2, 0.25) is 0 Å². The molecule has 1 nitrogen and oxygen atoms in total. The summed E-state index contributed by atoms with van der Waals surface area (Å²) in [6.07, 6.45) is 1.19. The van der Waals surface area contributed by atoms with Crippen molar-refractivity contribution in [2.45, 2.75) is 26.2 Å². The summed E-state index contributed by atoms with van der Waals surface area (Å²) in [5.74, 6) is 2.25. The Morgan fingerprint density at radius 2 is 1.93 bits per heavy atom. The second-order valence-corrected chi connectivity index (χ2v) is 4.87. The van der Waals surface area contributed by atoms with Crippen LogP contribution in [0.3, 0.4) is 0 Å². The number of hydrogen-bond donors (Lipinski definition) is 0. The van der Waals surface area contributed by atoms with Crippen molar-refractivity contribution in [2.24, 2.45) is 5.92 Å². The summed E-state index contributed by atoms with van der Waals surface area (Å²) in [6, 6.07) is 8.29. The zero-order valence-corrected chi connectivity index (χ0v) is 11.3. The van der Waals surface area contributed by atoms with Crippen LogP contribution in [-0.2, 0) is 0 Å². The third kappa shape index (κ3) is 3.53. The van der Waals surface area contributed by atoms with E-state index in [4.69, 9.17) is 4.74 Å². The Labute approximate surface area is 101 Å². The first kappa shape index (κ1) is 12.6. The minimum absolute atomic E-state index is 0.543. The molecule has 0 aliphatic rings. The number of methoxy groups -OCH3 is 1. The van der Waals surface area contributed by atoms with Gasteiger partial charge in [0.1, 0.15) is 5.75 Å². The van der Waals surface area contributed by atoms with Crippen LogP contribution >= 0.6 is 15.9 Å². The Morgan fingerprint density at radius 3 is 2.47 bits per heavy atom. The minimum Gasteiger partial charge on any atom is -0.496 e. The molecule has 0 N–H and O–H groups in total. The molecule has 0 bridgehead atoms. The van der Waals surface area contributed by atoms with Crippen LogP contribution in [0.5, 0.6) is 5.75 Å². The molecule has 0 saturated heterocycles. The number of para-hydroxylation sites is 1. The van der Waals surface area contributed by atoms with Crippen LogP contribution in [0.15, 0.2) is 24.3 Å². The van der Waals surface area contributed by atoms with Crippen molar-refractivity contribution in [1.29, 1.82) is 0 Å². The highest BCUT2D eigenvalue weighted by atomic mass is 79.9. The fourth-order valence-corrected chi connectivity index (χ4v) is 2.46. The lowest BCUT2D eigenvalue weighted by Gasteiger charge is -2.19. The Balaban J connectivity index is 2.90. The van der Waals surface area contributed by atoms with Gasteiger partial charge in [0.15, 0.2) is 0 Å². The summed E-state index contributed by atoms with van der Waals surface area (Å²) in [7, 11) is 1.74. The number of hydrogen-bond acceptors (Lipinski definition) is 1. The van der Waals surface area contributed by atoms with Gasteiger partial charge in [-0.15, -0.1) is 0 Å². The van der Waals surface area contributed by atoms with Crippen LogP contribution < -0.4 is 4.74 Å². The van der Waals surface area contributed by atoms with Gasteiger partial charge in [-0.1, -0.05) is 48.0 Å². The van der Waals surface area contributed by atoms with Crippen molar-refractivity contribution in [3.63, 3.8) is 0 Å². The number of halogens is 1. The van der Waals surface area contributed by atoms with E-state index in [0.29, 0.717) is 11.8 Å². The maximum absolute atomic E-state index is 5.39. The first-order valence-electron chi connectivity index (χ1n) is 5.38. The average Bonchev–Trinajstić information content (AvgIpc) is 2.25. The van der Waals surface area contributed by atoms with E-state index in [1.807, 2.05) is 12.1 Å². The van der Waals surface area contributed by atoms with E-state index in [0.717, 1.165) is 11.1 Å². The molecule has 1 unspecified atom stereocenters. The molecule has 1 aromatic rings. The van der Waals surface area contributed by atoms with Gasteiger partial charge in [-0.25, -0.2) is 0 Å². The highest BCUT2D eigenvalue weighted by Gasteiger charge is 2.15. The van der Waals surface area contributed by atoms with E-state index in [9.17, 15) is 0 Å². The molecule has 1 aromatic carbocycles. The molecule has 0 saturated carbocycles. The maximum Gasteiger partial charge on any atom is 0.122 e. The Morgan fingerprint density at radius 1 is 1.27 bits per heavy atom. The third-order valence-corrected chi connectivity index (χ3v) is 3.30. The van der Waals surface area contributed by atoms with Crippen molar-refractivity contribution in [3.8, 4) is 5.75 Å². The van der Waals surface area contributed by atoms with Gasteiger partial charge >= 0.3 is 0 Å². The van der Waals surface area contributed by atoms with Gasteiger partial charge in [-0.2, -0.15) is 0 Å². The molecule has 0 radical (unpaired) electrons. The van der Waals surface area contributed by atoms with Crippen LogP contribution in [0.1, 0.15) is 31.7 Å². The molecule has 0 aliphatic carbocycles. The van der Waals surface area contributed by atoms with Crippen LogP contribution in [0, 0.1) is 5.92 Å². The van der Waals surface area contributed by atoms with Crippen LogP contribution in [-0.4, -0.2) is 12.4 Å². The number of ether oxygens (including phenoxy) is 1. The molecule has 2 heteroatoms. The molecule has 84 valence electrons. The zero-order valence-electron chi connectivity index (χ0n) is 9.66. The Bertz CT molecular complexity index is 296. The topological polar surface area (TPSA) is 9.23 Å². The summed E-state index contributed by atoms with van der Waals surface area (Å²) in [4.78, 5) is 0. The van der Waals surface area contributed by atoms with Crippen molar-refractivity contribution in [2.75, 3.05) is 12.4 Å². The quantitative estimate of drug-likeness (QED) is 0.728. The van der Waals surface area contributed by atoms with E-state index in [1.165, 1.54) is 12.0 Å². The molecule has 1 rings (SSSR count). The largest absolute Gasteiger partial charge is 0.496 e. The van der Waals surface area contributed by atoms with Crippen LogP contribution in [0.2, 0.25) is 0 Å². The lowest BCUT2D eigenvalue weighted by Crippen LogP contribution is -2.06. The molecule has 0 amide bonds. The second kappa shape index (κ2) is 6.16. The Kier molecular flexibility index (Phi) is 5.16. The minimum atomic E-state index is 0.543. The smallest absolute Gasteiger partial charge is 0.122 e. The fourth-order valence-electron chi connectivity index (χ4n) is 1.85. The first-order valence-corrected chi connectivity index (χ1v) is 6.50. The molecule has 0 heterocycles. The predicted molar refractivity (Wildman–Crippen MR) is 69.0 cm³/mol. The predicted octanol–water partition coefficient (Wildman–Crippen LogP) is 4.22. The summed E-state index contributed by atoms with van der Waals surface area (Å²) in [6.45, 7) is 4.51. The highest BCUT2D eigenvalue weighted by Crippen LogP contribution is 2.32. The van der Waals surface area contributed by atoms with Gasteiger partial charge < -0.3 is 4.74 Å². The maximum atomic E-state index is 5.39. The molecule has 0 spiro atoms. The van der Waals surface area contributed by atoms with Crippen molar-refractivity contribution >= 4 is 15.9 Å². The standard InChI is InChI=1S/C13H19BrO/c1-10(2)8-11(9-14)12-6-4-5-7-13(12)15-3/h4-7,10-11H,8-9H2,1-3H3. The average molecular weight is 271 g/mol. The summed E-state index contributed by atoms with van der Waals surface area (Å²) >= 11 is 3.59. The summed E-state index contributed by atoms with van der Waals surface area (Å²) in [5.41, 5.74) is 1.31. The van der Waals surface area contributed by atoms with Gasteiger partial charge in [-0.3, -0.25) is 0 Å². The SMILES string of the molecule is COc1ccccc1C(CBr)CC(C)C.